The molecule has 2 aromatic carbocycles. The first-order chi connectivity index (χ1) is 16.7. The minimum atomic E-state index is -0.820. The Bertz CT molecular complexity index is 1260. The summed E-state index contributed by atoms with van der Waals surface area (Å²) in [5.41, 5.74) is 10.8. The zero-order valence-electron chi connectivity index (χ0n) is 21.6. The Kier molecular flexibility index (Phi) is 10.3. The van der Waals surface area contributed by atoms with Gasteiger partial charge in [-0.3, -0.25) is 0 Å². The summed E-state index contributed by atoms with van der Waals surface area (Å²) in [4.78, 5) is 24.1. The van der Waals surface area contributed by atoms with Gasteiger partial charge in [-0.1, -0.05) is 38.1 Å². The molecule has 0 radical (unpaired) electrons. The summed E-state index contributed by atoms with van der Waals surface area (Å²) in [6.45, 7) is 10.6. The van der Waals surface area contributed by atoms with Crippen molar-refractivity contribution in [1.29, 1.82) is 0 Å². The molecule has 2 unspecified atom stereocenters. The summed E-state index contributed by atoms with van der Waals surface area (Å²) in [6, 6.07) is 11.7. The van der Waals surface area contributed by atoms with E-state index in [4.69, 9.17) is 15.5 Å². The third kappa shape index (κ3) is 6.50. The molecule has 3 aromatic rings. The number of nitrogens with zero attached hydrogens (tertiary/aromatic N) is 3. The van der Waals surface area contributed by atoms with Crippen molar-refractivity contribution >= 4 is 48.2 Å². The highest BCUT2D eigenvalue weighted by Crippen LogP contribution is 2.36. The number of hydrogen-bond acceptors (Lipinski definition) is 7. The fourth-order valence-electron chi connectivity index (χ4n) is 4.26. The maximum absolute atomic E-state index is 14.0. The van der Waals surface area contributed by atoms with Crippen LogP contribution in [0.15, 0.2) is 42.5 Å². The molecular formula is C27H34Cl2FN5O2. The number of halogens is 3. The van der Waals surface area contributed by atoms with Gasteiger partial charge in [0.25, 0.3) is 0 Å². The molecule has 2 atom stereocenters. The van der Waals surface area contributed by atoms with Crippen molar-refractivity contribution in [1.82, 2.24) is 9.97 Å². The molecule has 37 heavy (non-hydrogen) atoms. The molecule has 10 heteroatoms. The van der Waals surface area contributed by atoms with Crippen LogP contribution in [0.1, 0.15) is 49.2 Å². The number of ether oxygens (including phenoxy) is 1. The summed E-state index contributed by atoms with van der Waals surface area (Å²) < 4.78 is 19.4. The van der Waals surface area contributed by atoms with Crippen molar-refractivity contribution in [3.05, 3.63) is 70.7 Å². The number of benzene rings is 2. The molecule has 0 saturated heterocycles. The quantitative estimate of drug-likeness (QED) is 0.295. The molecule has 0 aliphatic carbocycles. The number of fused-ring (bicyclic) bond motifs is 1. The third-order valence-corrected chi connectivity index (χ3v) is 6.62. The highest BCUT2D eigenvalue weighted by Gasteiger charge is 2.27. The Labute approximate surface area is 229 Å². The van der Waals surface area contributed by atoms with Gasteiger partial charge in [-0.15, -0.1) is 24.8 Å². The monoisotopic (exact) mass is 549 g/mol. The van der Waals surface area contributed by atoms with Gasteiger partial charge in [0.05, 0.1) is 11.7 Å². The number of carbonyl (C=O) groups is 1. The molecule has 0 spiro atoms. The van der Waals surface area contributed by atoms with Gasteiger partial charge < -0.3 is 20.7 Å². The van der Waals surface area contributed by atoms with Crippen molar-refractivity contribution in [2.24, 2.45) is 11.7 Å². The molecular weight excluding hydrogens is 516 g/mol. The first-order valence-electron chi connectivity index (χ1n) is 11.9. The van der Waals surface area contributed by atoms with Crippen LogP contribution in [0.4, 0.5) is 21.8 Å². The van der Waals surface area contributed by atoms with E-state index < -0.39 is 17.8 Å². The topological polar surface area (TPSA) is 93.4 Å². The number of nitrogens with two attached hydrogens (primary N) is 1. The second kappa shape index (κ2) is 12.5. The maximum atomic E-state index is 14.0. The Hall–Kier alpha value is -2.94. The van der Waals surface area contributed by atoms with Gasteiger partial charge in [-0.2, -0.15) is 4.98 Å². The van der Waals surface area contributed by atoms with Crippen LogP contribution in [0, 0.1) is 25.6 Å². The maximum Gasteiger partial charge on any atom is 0.328 e. The zero-order valence-corrected chi connectivity index (χ0v) is 23.3. The van der Waals surface area contributed by atoms with Crippen LogP contribution >= 0.6 is 24.8 Å². The minimum Gasteiger partial charge on any atom is -0.423 e. The first-order valence-corrected chi connectivity index (χ1v) is 11.9. The van der Waals surface area contributed by atoms with Crippen LogP contribution in [-0.4, -0.2) is 28.5 Å². The lowest BCUT2D eigenvalue weighted by Gasteiger charge is -2.37. The Morgan fingerprint density at radius 2 is 1.86 bits per heavy atom. The highest BCUT2D eigenvalue weighted by atomic mass is 35.5. The first kappa shape index (κ1) is 30.3. The lowest BCUT2D eigenvalue weighted by Crippen LogP contribution is -2.38. The van der Waals surface area contributed by atoms with Crippen LogP contribution in [0.25, 0.3) is 0 Å². The highest BCUT2D eigenvalue weighted by molar-refractivity contribution is 5.85. The summed E-state index contributed by atoms with van der Waals surface area (Å²) in [5, 5.41) is 3.12. The Balaban J connectivity index is 0.00000241. The molecule has 1 aromatic heterocycles. The number of rotatable bonds is 6. The van der Waals surface area contributed by atoms with Crippen molar-refractivity contribution in [3.63, 3.8) is 0 Å². The molecule has 0 bridgehead atoms. The molecule has 2 heterocycles. The lowest BCUT2D eigenvalue weighted by molar-refractivity contribution is -0.136. The van der Waals surface area contributed by atoms with Crippen molar-refractivity contribution < 1.29 is 13.9 Å². The van der Waals surface area contributed by atoms with Gasteiger partial charge in [-0.05, 0) is 56.4 Å². The summed E-state index contributed by atoms with van der Waals surface area (Å²) in [5.74, 6) is -0.0599. The predicted molar refractivity (Wildman–Crippen MR) is 150 cm³/mol. The zero-order chi connectivity index (χ0) is 25.3. The normalized spacial score (nSPS) is 15.2. The smallest absolute Gasteiger partial charge is 0.328 e. The van der Waals surface area contributed by atoms with E-state index >= 15 is 0 Å². The van der Waals surface area contributed by atoms with Gasteiger partial charge >= 0.3 is 5.97 Å². The minimum absolute atomic E-state index is 0. The molecule has 3 N–H and O–H groups in total. The number of carbonyl (C=O) groups excluding carboxylic acids is 1. The van der Waals surface area contributed by atoms with Gasteiger partial charge in [0, 0.05) is 23.9 Å². The molecule has 1 aliphatic heterocycles. The third-order valence-electron chi connectivity index (χ3n) is 6.62. The van der Waals surface area contributed by atoms with Gasteiger partial charge in [-0.25, -0.2) is 14.2 Å². The van der Waals surface area contributed by atoms with E-state index in [-0.39, 0.29) is 42.5 Å². The van der Waals surface area contributed by atoms with Crippen molar-refractivity contribution in [2.75, 3.05) is 16.8 Å². The summed E-state index contributed by atoms with van der Waals surface area (Å²) in [6.07, 6.45) is 0.930. The van der Waals surface area contributed by atoms with E-state index in [0.717, 1.165) is 36.1 Å². The number of anilines is 3. The summed E-state index contributed by atoms with van der Waals surface area (Å²) in [7, 11) is 0. The fraction of sp³-hybridized carbons (Fsp3) is 0.370. The molecule has 0 amide bonds. The standard InChI is InChI=1S/C27H32FN5O2.2ClH/c1-15(2)24(29)26(34)35-23-14-20(28)10-11-22(23)31-27-30-17(4)16(3)25(32-27)33-13-12-19-8-6-7-9-21(19)18(33)5;;/h6-11,14-15,18,24H,12-13,29H2,1-5H3,(H,30,31,32);2*1H. The van der Waals surface area contributed by atoms with E-state index in [2.05, 4.69) is 46.4 Å². The second-order valence-electron chi connectivity index (χ2n) is 9.36. The second-order valence-corrected chi connectivity index (χ2v) is 9.36. The van der Waals surface area contributed by atoms with Gasteiger partial charge in [0.2, 0.25) is 5.95 Å². The van der Waals surface area contributed by atoms with Crippen molar-refractivity contribution in [2.45, 2.75) is 53.1 Å². The Morgan fingerprint density at radius 3 is 2.57 bits per heavy atom. The average molecular weight is 551 g/mol. The SMILES string of the molecule is Cc1nc(Nc2ccc(F)cc2OC(=O)C(N)C(C)C)nc(N2CCc3ccccc3C2C)c1C.Cl.Cl. The Morgan fingerprint density at radius 1 is 1.16 bits per heavy atom. The molecule has 200 valence electrons. The number of aromatic nitrogens is 2. The molecule has 7 nitrogen and oxygen atoms in total. The van der Waals surface area contributed by atoms with Crippen LogP contribution in [0.5, 0.6) is 5.75 Å². The van der Waals surface area contributed by atoms with Crippen molar-refractivity contribution in [3.8, 4) is 5.75 Å². The van der Waals surface area contributed by atoms with Crippen LogP contribution in [0.3, 0.4) is 0 Å². The predicted octanol–water partition coefficient (Wildman–Crippen LogP) is 5.83. The van der Waals surface area contributed by atoms with E-state index in [9.17, 15) is 9.18 Å². The molecule has 0 saturated carbocycles. The lowest BCUT2D eigenvalue weighted by atomic mass is 9.93. The summed E-state index contributed by atoms with van der Waals surface area (Å²) >= 11 is 0. The molecule has 4 rings (SSSR count). The number of aryl methyl sites for hydroxylation is 1. The fourth-order valence-corrected chi connectivity index (χ4v) is 4.26. The van der Waals surface area contributed by atoms with E-state index in [1.165, 1.54) is 23.3 Å². The van der Waals surface area contributed by atoms with Gasteiger partial charge in [0.15, 0.2) is 5.75 Å². The van der Waals surface area contributed by atoms with E-state index in [1.54, 1.807) is 0 Å². The largest absolute Gasteiger partial charge is 0.423 e. The molecule has 0 fully saturated rings. The number of nitrogens with one attached hydrogen (secondary N) is 1. The number of esters is 1. The van der Waals surface area contributed by atoms with E-state index in [1.807, 2.05) is 27.7 Å². The van der Waals surface area contributed by atoms with Crippen LogP contribution in [0.2, 0.25) is 0 Å². The van der Waals surface area contributed by atoms with Crippen LogP contribution < -0.4 is 20.7 Å². The van der Waals surface area contributed by atoms with E-state index in [0.29, 0.717) is 11.6 Å². The average Bonchev–Trinajstić information content (AvgIpc) is 2.83. The van der Waals surface area contributed by atoms with Gasteiger partial charge in [0.1, 0.15) is 17.7 Å². The van der Waals surface area contributed by atoms with Crippen LogP contribution in [-0.2, 0) is 11.2 Å². The molecule has 1 aliphatic rings. The number of hydrogen-bond donors (Lipinski definition) is 2.